The van der Waals surface area contributed by atoms with Crippen LogP contribution in [0.2, 0.25) is 0 Å². The predicted octanol–water partition coefficient (Wildman–Crippen LogP) is 3.88. The summed E-state index contributed by atoms with van der Waals surface area (Å²) in [6.45, 7) is 4.34. The lowest BCUT2D eigenvalue weighted by atomic mass is 10.2. The van der Waals surface area contributed by atoms with Crippen LogP contribution in [0.5, 0.6) is 5.75 Å². The van der Waals surface area contributed by atoms with Crippen LogP contribution in [0.25, 0.3) is 11.0 Å². The first-order valence-corrected chi connectivity index (χ1v) is 9.37. The van der Waals surface area contributed by atoms with E-state index in [4.69, 9.17) is 4.74 Å². The van der Waals surface area contributed by atoms with E-state index in [0.717, 1.165) is 60.1 Å². The number of aryl methyl sites for hydroxylation is 1. The Bertz CT molecular complexity index is 860. The zero-order valence-corrected chi connectivity index (χ0v) is 18.7. The van der Waals surface area contributed by atoms with E-state index in [1.807, 2.05) is 36.4 Å². The van der Waals surface area contributed by atoms with Gasteiger partial charge in [0.25, 0.3) is 0 Å². The first-order valence-electron chi connectivity index (χ1n) is 9.37. The van der Waals surface area contributed by atoms with Gasteiger partial charge in [0, 0.05) is 19.5 Å². The van der Waals surface area contributed by atoms with E-state index in [1.165, 1.54) is 0 Å². The minimum absolute atomic E-state index is 0. The van der Waals surface area contributed by atoms with E-state index in [9.17, 15) is 0 Å². The van der Waals surface area contributed by atoms with Crippen LogP contribution in [-0.4, -0.2) is 36.1 Å². The lowest BCUT2D eigenvalue weighted by Gasteiger charge is -2.11. The second-order valence-corrected chi connectivity index (χ2v) is 6.28. The van der Waals surface area contributed by atoms with E-state index in [2.05, 4.69) is 44.7 Å². The minimum atomic E-state index is 0. The number of fused-ring (bicyclic) bond motifs is 1. The fraction of sp³-hybridized carbons (Fsp3) is 0.333. The smallest absolute Gasteiger partial charge is 0.191 e. The Hall–Kier alpha value is -2.29. The van der Waals surface area contributed by atoms with Crippen molar-refractivity contribution in [3.05, 3.63) is 59.9 Å². The maximum absolute atomic E-state index is 5.26. The largest absolute Gasteiger partial charge is 0.497 e. The van der Waals surface area contributed by atoms with E-state index in [1.54, 1.807) is 7.11 Å². The van der Waals surface area contributed by atoms with Crippen molar-refractivity contribution in [2.24, 2.45) is 4.99 Å². The molecule has 150 valence electrons. The molecule has 0 aliphatic rings. The maximum Gasteiger partial charge on any atom is 0.191 e. The summed E-state index contributed by atoms with van der Waals surface area (Å²) in [5.41, 5.74) is 3.23. The van der Waals surface area contributed by atoms with Gasteiger partial charge in [0.15, 0.2) is 5.96 Å². The van der Waals surface area contributed by atoms with E-state index >= 15 is 0 Å². The average Bonchev–Trinajstić information content (AvgIpc) is 3.12. The van der Waals surface area contributed by atoms with Crippen molar-refractivity contribution >= 4 is 41.0 Å². The normalized spacial score (nSPS) is 11.1. The molecule has 1 aromatic heterocycles. The van der Waals surface area contributed by atoms with Gasteiger partial charge in [-0.15, -0.1) is 24.0 Å². The third-order valence-corrected chi connectivity index (χ3v) is 4.22. The van der Waals surface area contributed by atoms with Crippen molar-refractivity contribution < 1.29 is 4.74 Å². The number of para-hydroxylation sites is 2. The number of methoxy groups -OCH3 is 1. The summed E-state index contributed by atoms with van der Waals surface area (Å²) >= 11 is 0. The molecular formula is C21H28IN5O. The number of aromatic amines is 1. The highest BCUT2D eigenvalue weighted by atomic mass is 127. The molecule has 0 bridgehead atoms. The first-order chi connectivity index (χ1) is 13.3. The molecule has 3 aromatic rings. The quantitative estimate of drug-likeness (QED) is 0.193. The van der Waals surface area contributed by atoms with Crippen LogP contribution < -0.4 is 15.4 Å². The highest BCUT2D eigenvalue weighted by Crippen LogP contribution is 2.13. The highest BCUT2D eigenvalue weighted by molar-refractivity contribution is 14.0. The third-order valence-electron chi connectivity index (χ3n) is 4.22. The molecular weight excluding hydrogens is 465 g/mol. The highest BCUT2D eigenvalue weighted by Gasteiger charge is 2.03. The molecule has 0 radical (unpaired) electrons. The summed E-state index contributed by atoms with van der Waals surface area (Å²) in [5.74, 6) is 2.70. The molecule has 0 fully saturated rings. The van der Waals surface area contributed by atoms with Crippen molar-refractivity contribution in [2.45, 2.75) is 26.3 Å². The Morgan fingerprint density at radius 3 is 2.79 bits per heavy atom. The lowest BCUT2D eigenvalue weighted by molar-refractivity contribution is 0.414. The molecule has 3 rings (SSSR count). The standard InChI is InChI=1S/C21H27N5O.HI/c1-3-22-21(24-15-16-8-6-9-17(14-16)27-2)23-13-7-12-20-25-18-10-4-5-11-19(18)26-20;/h4-6,8-11,14H,3,7,12-13,15H2,1-2H3,(H,25,26)(H2,22,23,24);1H. The number of benzene rings is 2. The number of halogens is 1. The number of aromatic nitrogens is 2. The SMILES string of the molecule is CCNC(=NCc1cccc(OC)c1)NCCCc1nc2ccccc2[nH]1.I. The molecule has 0 atom stereocenters. The molecule has 6 nitrogen and oxygen atoms in total. The molecule has 0 spiro atoms. The summed E-state index contributed by atoms with van der Waals surface area (Å²) in [7, 11) is 1.68. The van der Waals surface area contributed by atoms with Crippen LogP contribution in [0.1, 0.15) is 24.7 Å². The van der Waals surface area contributed by atoms with Gasteiger partial charge in [0.1, 0.15) is 11.6 Å². The number of rotatable bonds is 8. The van der Waals surface area contributed by atoms with Crippen molar-refractivity contribution in [1.82, 2.24) is 20.6 Å². The van der Waals surface area contributed by atoms with Gasteiger partial charge in [0.05, 0.1) is 24.7 Å². The number of hydrogen-bond donors (Lipinski definition) is 3. The van der Waals surface area contributed by atoms with Crippen molar-refractivity contribution in [3.63, 3.8) is 0 Å². The molecule has 0 aliphatic heterocycles. The molecule has 2 aromatic carbocycles. The predicted molar refractivity (Wildman–Crippen MR) is 126 cm³/mol. The number of imidazole rings is 1. The molecule has 1 heterocycles. The molecule has 0 amide bonds. The fourth-order valence-electron chi connectivity index (χ4n) is 2.87. The van der Waals surface area contributed by atoms with Gasteiger partial charge in [-0.05, 0) is 43.2 Å². The third kappa shape index (κ3) is 6.40. The number of guanidine groups is 1. The number of nitrogens with one attached hydrogen (secondary N) is 3. The Kier molecular flexibility index (Phi) is 9.06. The van der Waals surface area contributed by atoms with Crippen molar-refractivity contribution in [3.8, 4) is 5.75 Å². The van der Waals surface area contributed by atoms with Crippen LogP contribution in [0, 0.1) is 0 Å². The van der Waals surface area contributed by atoms with E-state index in [-0.39, 0.29) is 24.0 Å². The van der Waals surface area contributed by atoms with Gasteiger partial charge in [0.2, 0.25) is 0 Å². The second kappa shape index (κ2) is 11.5. The topological polar surface area (TPSA) is 74.3 Å². The van der Waals surface area contributed by atoms with Crippen LogP contribution in [-0.2, 0) is 13.0 Å². The first kappa shape index (κ1) is 22.0. The van der Waals surface area contributed by atoms with Gasteiger partial charge in [-0.2, -0.15) is 0 Å². The molecule has 0 saturated carbocycles. The van der Waals surface area contributed by atoms with E-state index in [0.29, 0.717) is 6.54 Å². The summed E-state index contributed by atoms with van der Waals surface area (Å²) in [5, 5.41) is 6.68. The number of nitrogens with zero attached hydrogens (tertiary/aromatic N) is 2. The van der Waals surface area contributed by atoms with Crippen molar-refractivity contribution in [1.29, 1.82) is 0 Å². The van der Waals surface area contributed by atoms with Gasteiger partial charge >= 0.3 is 0 Å². The minimum Gasteiger partial charge on any atom is -0.497 e. The number of H-pyrrole nitrogens is 1. The van der Waals surface area contributed by atoms with Gasteiger partial charge in [-0.3, -0.25) is 0 Å². The molecule has 0 saturated heterocycles. The Morgan fingerprint density at radius 1 is 1.14 bits per heavy atom. The molecule has 0 aliphatic carbocycles. The van der Waals surface area contributed by atoms with E-state index < -0.39 is 0 Å². The van der Waals surface area contributed by atoms with Gasteiger partial charge in [-0.1, -0.05) is 24.3 Å². The molecule has 7 heteroatoms. The lowest BCUT2D eigenvalue weighted by Crippen LogP contribution is -2.37. The summed E-state index contributed by atoms with van der Waals surface area (Å²) in [6, 6.07) is 16.1. The zero-order valence-electron chi connectivity index (χ0n) is 16.4. The number of ether oxygens (including phenoxy) is 1. The Morgan fingerprint density at radius 2 is 2.00 bits per heavy atom. The fourth-order valence-corrected chi connectivity index (χ4v) is 2.87. The summed E-state index contributed by atoms with van der Waals surface area (Å²) in [6.07, 6.45) is 1.88. The number of hydrogen-bond acceptors (Lipinski definition) is 3. The van der Waals surface area contributed by atoms with Crippen LogP contribution in [0.3, 0.4) is 0 Å². The Labute approximate surface area is 183 Å². The second-order valence-electron chi connectivity index (χ2n) is 6.28. The van der Waals surface area contributed by atoms with Crippen LogP contribution in [0.15, 0.2) is 53.5 Å². The van der Waals surface area contributed by atoms with Gasteiger partial charge < -0.3 is 20.4 Å². The zero-order chi connectivity index (χ0) is 18.9. The van der Waals surface area contributed by atoms with Crippen LogP contribution in [0.4, 0.5) is 0 Å². The maximum atomic E-state index is 5.26. The summed E-state index contributed by atoms with van der Waals surface area (Å²) < 4.78 is 5.26. The van der Waals surface area contributed by atoms with Crippen LogP contribution >= 0.6 is 24.0 Å². The Balaban J connectivity index is 0.00000280. The monoisotopic (exact) mass is 493 g/mol. The molecule has 3 N–H and O–H groups in total. The number of aliphatic imine (C=N–C) groups is 1. The van der Waals surface area contributed by atoms with Gasteiger partial charge in [-0.25, -0.2) is 9.98 Å². The molecule has 28 heavy (non-hydrogen) atoms. The van der Waals surface area contributed by atoms with Crippen molar-refractivity contribution in [2.75, 3.05) is 20.2 Å². The molecule has 0 unspecified atom stereocenters. The average molecular weight is 493 g/mol. The summed E-state index contributed by atoms with van der Waals surface area (Å²) in [4.78, 5) is 12.6.